The molecule has 0 spiro atoms. The van der Waals surface area contributed by atoms with Gasteiger partial charge in [-0.25, -0.2) is 0 Å². The van der Waals surface area contributed by atoms with E-state index in [2.05, 4.69) is 43.4 Å². The summed E-state index contributed by atoms with van der Waals surface area (Å²) in [6, 6.07) is 14.6. The van der Waals surface area contributed by atoms with Gasteiger partial charge in [-0.1, -0.05) is 38.5 Å². The molecule has 27 heavy (non-hydrogen) atoms. The average molecular weight is 370 g/mol. The van der Waals surface area contributed by atoms with Gasteiger partial charge in [-0.2, -0.15) is 0 Å². The van der Waals surface area contributed by atoms with Crippen molar-refractivity contribution < 1.29 is 14.2 Å². The molecule has 0 unspecified atom stereocenters. The van der Waals surface area contributed by atoms with Crippen LogP contribution in [0.15, 0.2) is 42.5 Å². The van der Waals surface area contributed by atoms with Crippen LogP contribution < -0.4 is 19.5 Å². The Morgan fingerprint density at radius 2 is 1.74 bits per heavy atom. The van der Waals surface area contributed by atoms with Gasteiger partial charge in [-0.15, -0.1) is 0 Å². The van der Waals surface area contributed by atoms with E-state index in [0.717, 1.165) is 36.8 Å². The molecule has 1 heterocycles. The molecule has 4 nitrogen and oxygen atoms in total. The van der Waals surface area contributed by atoms with Gasteiger partial charge in [-0.05, 0) is 66.6 Å². The van der Waals surface area contributed by atoms with Crippen molar-refractivity contribution in [3.63, 3.8) is 0 Å². The molecule has 2 aromatic rings. The molecular weight excluding hydrogens is 338 g/mol. The van der Waals surface area contributed by atoms with Crippen molar-refractivity contribution in [3.8, 4) is 17.2 Å². The smallest absolute Gasteiger partial charge is 0.231 e. The van der Waals surface area contributed by atoms with Crippen LogP contribution >= 0.6 is 0 Å². The van der Waals surface area contributed by atoms with Gasteiger partial charge in [0.1, 0.15) is 5.75 Å². The number of benzene rings is 2. The van der Waals surface area contributed by atoms with Crippen molar-refractivity contribution in [1.82, 2.24) is 5.32 Å². The minimum absolute atomic E-state index is 0.332. The summed E-state index contributed by atoms with van der Waals surface area (Å²) in [4.78, 5) is 0. The molecule has 0 bridgehead atoms. The highest BCUT2D eigenvalue weighted by Gasteiger charge is 2.18. The minimum Gasteiger partial charge on any atom is -0.497 e. The summed E-state index contributed by atoms with van der Waals surface area (Å²) in [6.45, 7) is 6.78. The Labute approximate surface area is 162 Å². The summed E-state index contributed by atoms with van der Waals surface area (Å²) < 4.78 is 16.2. The first-order chi connectivity index (χ1) is 13.2. The van der Waals surface area contributed by atoms with Crippen LogP contribution in [0.1, 0.15) is 50.2 Å². The van der Waals surface area contributed by atoms with Crippen LogP contribution in [0.25, 0.3) is 0 Å². The Morgan fingerprint density at radius 3 is 2.48 bits per heavy atom. The van der Waals surface area contributed by atoms with Crippen LogP contribution in [-0.2, 0) is 6.54 Å². The Hall–Kier alpha value is -2.20. The molecule has 0 saturated carbocycles. The summed E-state index contributed by atoms with van der Waals surface area (Å²) in [5.41, 5.74) is 2.63. The molecule has 0 amide bonds. The van der Waals surface area contributed by atoms with E-state index < -0.39 is 0 Å². The molecular formula is C23H31NO3. The maximum Gasteiger partial charge on any atom is 0.231 e. The molecule has 1 aliphatic rings. The number of hydrogen-bond donors (Lipinski definition) is 1. The maximum atomic E-state index is 5.57. The van der Waals surface area contributed by atoms with Crippen molar-refractivity contribution in [1.29, 1.82) is 0 Å². The molecule has 0 saturated heterocycles. The topological polar surface area (TPSA) is 39.7 Å². The van der Waals surface area contributed by atoms with Crippen LogP contribution in [0.4, 0.5) is 0 Å². The fourth-order valence-corrected chi connectivity index (χ4v) is 3.43. The number of methoxy groups -OCH3 is 1. The van der Waals surface area contributed by atoms with E-state index in [1.165, 1.54) is 24.0 Å². The third kappa shape index (κ3) is 5.64. The normalized spacial score (nSPS) is 13.8. The van der Waals surface area contributed by atoms with Crippen molar-refractivity contribution in [2.24, 2.45) is 5.92 Å². The SMILES string of the molecule is COc1ccc(CNCC[C@@H](CCC(C)C)c2ccc3c(c2)OCO3)cc1. The third-order valence-corrected chi connectivity index (χ3v) is 5.12. The lowest BCUT2D eigenvalue weighted by molar-refractivity contribution is 0.174. The van der Waals surface area contributed by atoms with E-state index in [4.69, 9.17) is 14.2 Å². The molecule has 4 heteroatoms. The standard InChI is InChI=1S/C23H31NO3/c1-17(2)4-7-19(20-8-11-22-23(14-20)27-16-26-22)12-13-24-15-18-5-9-21(25-3)10-6-18/h5-6,8-11,14,17,19,24H,4,7,12-13,15-16H2,1-3H3/t19-/m1/s1. The van der Waals surface area contributed by atoms with Gasteiger partial charge in [0.25, 0.3) is 0 Å². The van der Waals surface area contributed by atoms with Crippen LogP contribution in [0.3, 0.4) is 0 Å². The molecule has 2 aromatic carbocycles. The largest absolute Gasteiger partial charge is 0.497 e. The van der Waals surface area contributed by atoms with Crippen LogP contribution in [0.5, 0.6) is 17.2 Å². The monoisotopic (exact) mass is 369 g/mol. The summed E-state index contributed by atoms with van der Waals surface area (Å²) in [5, 5.41) is 3.58. The van der Waals surface area contributed by atoms with Crippen molar-refractivity contribution >= 4 is 0 Å². The molecule has 146 valence electrons. The summed E-state index contributed by atoms with van der Waals surface area (Å²) in [6.07, 6.45) is 3.54. The first kappa shape index (κ1) is 19.6. The van der Waals surface area contributed by atoms with Gasteiger partial charge in [0, 0.05) is 6.54 Å². The Kier molecular flexibility index (Phi) is 6.99. The molecule has 0 aromatic heterocycles. The second kappa shape index (κ2) is 9.65. The molecule has 0 fully saturated rings. The van der Waals surface area contributed by atoms with E-state index in [1.54, 1.807) is 7.11 Å². The highest BCUT2D eigenvalue weighted by molar-refractivity contribution is 5.45. The summed E-state index contributed by atoms with van der Waals surface area (Å²) >= 11 is 0. The molecule has 1 aliphatic heterocycles. The molecule has 0 radical (unpaired) electrons. The minimum atomic E-state index is 0.332. The lowest BCUT2D eigenvalue weighted by Crippen LogP contribution is -2.17. The second-order valence-electron chi connectivity index (χ2n) is 7.59. The Bertz CT molecular complexity index is 712. The molecule has 1 atom stereocenters. The zero-order valence-corrected chi connectivity index (χ0v) is 16.7. The predicted octanol–water partition coefficient (Wildman–Crippen LogP) is 5.12. The highest BCUT2D eigenvalue weighted by atomic mass is 16.7. The molecule has 3 rings (SSSR count). The van der Waals surface area contributed by atoms with Gasteiger partial charge < -0.3 is 19.5 Å². The Balaban J connectivity index is 1.54. The van der Waals surface area contributed by atoms with Gasteiger partial charge in [0.05, 0.1) is 7.11 Å². The van der Waals surface area contributed by atoms with Crippen molar-refractivity contribution in [3.05, 3.63) is 53.6 Å². The van der Waals surface area contributed by atoms with Crippen LogP contribution in [0, 0.1) is 5.92 Å². The van der Waals surface area contributed by atoms with Gasteiger partial charge in [-0.3, -0.25) is 0 Å². The number of hydrogen-bond acceptors (Lipinski definition) is 4. The van der Waals surface area contributed by atoms with Gasteiger partial charge in [0.2, 0.25) is 6.79 Å². The van der Waals surface area contributed by atoms with Crippen molar-refractivity contribution in [2.75, 3.05) is 20.4 Å². The van der Waals surface area contributed by atoms with Gasteiger partial charge in [0.15, 0.2) is 11.5 Å². The number of nitrogens with one attached hydrogen (secondary N) is 1. The maximum absolute atomic E-state index is 5.57. The lowest BCUT2D eigenvalue weighted by atomic mass is 9.88. The van der Waals surface area contributed by atoms with Crippen LogP contribution in [0.2, 0.25) is 0 Å². The number of rotatable bonds is 10. The zero-order chi connectivity index (χ0) is 19.1. The van der Waals surface area contributed by atoms with Gasteiger partial charge >= 0.3 is 0 Å². The molecule has 1 N–H and O–H groups in total. The van der Waals surface area contributed by atoms with E-state index in [-0.39, 0.29) is 0 Å². The zero-order valence-electron chi connectivity index (χ0n) is 16.7. The lowest BCUT2D eigenvalue weighted by Gasteiger charge is -2.19. The first-order valence-corrected chi connectivity index (χ1v) is 9.89. The predicted molar refractivity (Wildman–Crippen MR) is 109 cm³/mol. The van der Waals surface area contributed by atoms with E-state index in [1.807, 2.05) is 18.2 Å². The number of ether oxygens (including phenoxy) is 3. The summed E-state index contributed by atoms with van der Waals surface area (Å²) in [7, 11) is 1.70. The van der Waals surface area contributed by atoms with Crippen LogP contribution in [-0.4, -0.2) is 20.4 Å². The first-order valence-electron chi connectivity index (χ1n) is 9.89. The molecule has 0 aliphatic carbocycles. The third-order valence-electron chi connectivity index (χ3n) is 5.12. The second-order valence-corrected chi connectivity index (χ2v) is 7.59. The highest BCUT2D eigenvalue weighted by Crippen LogP contribution is 2.37. The fraction of sp³-hybridized carbons (Fsp3) is 0.478. The summed E-state index contributed by atoms with van der Waals surface area (Å²) in [5.74, 6) is 3.89. The van der Waals surface area contributed by atoms with E-state index >= 15 is 0 Å². The Morgan fingerprint density at radius 1 is 0.963 bits per heavy atom. The fourth-order valence-electron chi connectivity index (χ4n) is 3.43. The van der Waals surface area contributed by atoms with E-state index in [9.17, 15) is 0 Å². The average Bonchev–Trinajstić information content (AvgIpc) is 3.15. The number of fused-ring (bicyclic) bond motifs is 1. The quantitative estimate of drug-likeness (QED) is 0.590. The van der Waals surface area contributed by atoms with Crippen molar-refractivity contribution in [2.45, 2.75) is 45.6 Å². The van der Waals surface area contributed by atoms with E-state index in [0.29, 0.717) is 18.6 Å².